The van der Waals surface area contributed by atoms with Crippen LogP contribution in [0.2, 0.25) is 0 Å². The zero-order chi connectivity index (χ0) is 9.10. The smallest absolute Gasteiger partial charge is 0.309 e. The predicted octanol–water partition coefficient (Wildman–Crippen LogP) is 0.598. The third-order valence-corrected chi connectivity index (χ3v) is 3.21. The van der Waals surface area contributed by atoms with Crippen molar-refractivity contribution in [2.45, 2.75) is 43.7 Å². The molecule has 3 aliphatic heterocycles. The second kappa shape index (κ2) is 2.07. The summed E-state index contributed by atoms with van der Waals surface area (Å²) in [4.78, 5) is 11.1. The van der Waals surface area contributed by atoms with Crippen LogP contribution in [0, 0.1) is 0 Å². The molecule has 1 spiro atoms. The quantitative estimate of drug-likeness (QED) is 0.517. The van der Waals surface area contributed by atoms with Gasteiger partial charge in [0.05, 0.1) is 13.0 Å². The molecule has 3 heterocycles. The lowest BCUT2D eigenvalue weighted by atomic mass is 9.92. The molecule has 3 rings (SSSR count). The molecule has 0 N–H and O–H groups in total. The SMILES string of the molecule is CC12CC3OC(=O)CC3(CCO1)O2. The van der Waals surface area contributed by atoms with E-state index in [0.29, 0.717) is 19.4 Å². The fourth-order valence-corrected chi connectivity index (χ4v) is 2.63. The van der Waals surface area contributed by atoms with Crippen molar-refractivity contribution in [1.82, 2.24) is 0 Å². The Morgan fingerprint density at radius 3 is 3.23 bits per heavy atom. The number of carbonyl (C=O) groups is 1. The molecule has 13 heavy (non-hydrogen) atoms. The Balaban J connectivity index is 1.97. The van der Waals surface area contributed by atoms with Crippen LogP contribution in [0.25, 0.3) is 0 Å². The highest BCUT2D eigenvalue weighted by atomic mass is 16.7. The van der Waals surface area contributed by atoms with Crippen molar-refractivity contribution < 1.29 is 19.0 Å². The molecule has 3 saturated heterocycles. The van der Waals surface area contributed by atoms with E-state index in [0.717, 1.165) is 6.42 Å². The zero-order valence-electron chi connectivity index (χ0n) is 7.54. The Bertz CT molecular complexity index is 277. The predicted molar refractivity (Wildman–Crippen MR) is 41.9 cm³/mol. The zero-order valence-corrected chi connectivity index (χ0v) is 7.54. The molecule has 3 unspecified atom stereocenters. The summed E-state index contributed by atoms with van der Waals surface area (Å²) in [7, 11) is 0. The van der Waals surface area contributed by atoms with Crippen molar-refractivity contribution in [2.24, 2.45) is 0 Å². The highest BCUT2D eigenvalue weighted by molar-refractivity contribution is 5.74. The second-order valence-corrected chi connectivity index (χ2v) is 4.26. The monoisotopic (exact) mass is 184 g/mol. The van der Waals surface area contributed by atoms with Gasteiger partial charge in [-0.3, -0.25) is 4.79 Å². The van der Waals surface area contributed by atoms with Crippen LogP contribution in [0.5, 0.6) is 0 Å². The van der Waals surface area contributed by atoms with Gasteiger partial charge in [-0.2, -0.15) is 0 Å². The molecule has 3 aliphatic rings. The number of fused-ring (bicyclic) bond motifs is 1. The van der Waals surface area contributed by atoms with Gasteiger partial charge >= 0.3 is 5.97 Å². The Hall–Kier alpha value is -0.610. The molecular weight excluding hydrogens is 172 g/mol. The molecule has 0 aliphatic carbocycles. The average molecular weight is 184 g/mol. The van der Waals surface area contributed by atoms with Gasteiger partial charge in [0, 0.05) is 12.8 Å². The number of rotatable bonds is 0. The van der Waals surface area contributed by atoms with Gasteiger partial charge in [-0.15, -0.1) is 0 Å². The third-order valence-electron chi connectivity index (χ3n) is 3.21. The minimum absolute atomic E-state index is 0.0764. The number of hydrogen-bond acceptors (Lipinski definition) is 4. The van der Waals surface area contributed by atoms with E-state index in [2.05, 4.69) is 0 Å². The van der Waals surface area contributed by atoms with Crippen LogP contribution in [0.15, 0.2) is 0 Å². The summed E-state index contributed by atoms with van der Waals surface area (Å²) in [5, 5.41) is 0. The van der Waals surface area contributed by atoms with E-state index in [9.17, 15) is 4.79 Å². The minimum Gasteiger partial charge on any atom is -0.459 e. The van der Waals surface area contributed by atoms with Crippen molar-refractivity contribution in [3.05, 3.63) is 0 Å². The fourth-order valence-electron chi connectivity index (χ4n) is 2.63. The fraction of sp³-hybridized carbons (Fsp3) is 0.889. The molecule has 4 nitrogen and oxygen atoms in total. The van der Waals surface area contributed by atoms with Crippen molar-refractivity contribution in [1.29, 1.82) is 0 Å². The molecule has 72 valence electrons. The van der Waals surface area contributed by atoms with E-state index in [-0.39, 0.29) is 17.7 Å². The first-order valence-corrected chi connectivity index (χ1v) is 4.66. The second-order valence-electron chi connectivity index (χ2n) is 4.26. The van der Waals surface area contributed by atoms with Gasteiger partial charge in [0.25, 0.3) is 0 Å². The van der Waals surface area contributed by atoms with E-state index >= 15 is 0 Å². The molecule has 0 radical (unpaired) electrons. The molecule has 2 bridgehead atoms. The van der Waals surface area contributed by atoms with Gasteiger partial charge in [-0.1, -0.05) is 0 Å². The summed E-state index contributed by atoms with van der Waals surface area (Å²) in [6.07, 6.45) is 1.78. The van der Waals surface area contributed by atoms with Crippen molar-refractivity contribution >= 4 is 5.97 Å². The molecule has 0 aromatic rings. The third kappa shape index (κ3) is 0.901. The van der Waals surface area contributed by atoms with Crippen LogP contribution >= 0.6 is 0 Å². The van der Waals surface area contributed by atoms with Crippen molar-refractivity contribution in [3.8, 4) is 0 Å². The number of ether oxygens (including phenoxy) is 3. The molecular formula is C9H12O4. The highest BCUT2D eigenvalue weighted by Gasteiger charge is 2.63. The van der Waals surface area contributed by atoms with Gasteiger partial charge < -0.3 is 14.2 Å². The lowest BCUT2D eigenvalue weighted by Crippen LogP contribution is -2.43. The first-order chi connectivity index (χ1) is 6.12. The van der Waals surface area contributed by atoms with Crippen LogP contribution < -0.4 is 0 Å². The summed E-state index contributed by atoms with van der Waals surface area (Å²) >= 11 is 0. The van der Waals surface area contributed by atoms with Crippen LogP contribution in [-0.2, 0) is 19.0 Å². The van der Waals surface area contributed by atoms with E-state index in [1.165, 1.54) is 0 Å². The summed E-state index contributed by atoms with van der Waals surface area (Å²) in [6, 6.07) is 0. The Labute approximate surface area is 76.1 Å². The van der Waals surface area contributed by atoms with Gasteiger partial charge in [0.15, 0.2) is 5.79 Å². The number of carbonyl (C=O) groups excluding carboxylic acids is 1. The molecule has 0 amide bonds. The summed E-state index contributed by atoms with van der Waals surface area (Å²) in [5.41, 5.74) is -0.357. The van der Waals surface area contributed by atoms with E-state index < -0.39 is 5.79 Å². The van der Waals surface area contributed by atoms with E-state index in [1.54, 1.807) is 0 Å². The van der Waals surface area contributed by atoms with Crippen LogP contribution in [0.1, 0.15) is 26.2 Å². The molecule has 0 aromatic carbocycles. The standard InChI is InChI=1S/C9H12O4/c1-8-4-6-9(13-8,2-3-11-8)5-7(10)12-6/h6H,2-5H2,1H3. The van der Waals surface area contributed by atoms with Gasteiger partial charge in [-0.05, 0) is 6.92 Å². The summed E-state index contributed by atoms with van der Waals surface area (Å²) in [6.45, 7) is 2.59. The topological polar surface area (TPSA) is 44.8 Å². The highest BCUT2D eigenvalue weighted by Crippen LogP contribution is 2.51. The largest absolute Gasteiger partial charge is 0.459 e. The molecule has 0 saturated carbocycles. The number of hydrogen-bond donors (Lipinski definition) is 0. The lowest BCUT2D eigenvalue weighted by molar-refractivity contribution is -0.278. The van der Waals surface area contributed by atoms with Gasteiger partial charge in [0.2, 0.25) is 0 Å². The molecule has 4 heteroatoms. The maximum atomic E-state index is 11.1. The average Bonchev–Trinajstić information content (AvgIpc) is 2.33. The maximum absolute atomic E-state index is 11.1. The maximum Gasteiger partial charge on any atom is 0.309 e. The number of esters is 1. The van der Waals surface area contributed by atoms with Crippen LogP contribution in [0.4, 0.5) is 0 Å². The van der Waals surface area contributed by atoms with E-state index in [1.807, 2.05) is 6.92 Å². The van der Waals surface area contributed by atoms with Crippen molar-refractivity contribution in [3.63, 3.8) is 0 Å². The molecule has 3 atom stereocenters. The van der Waals surface area contributed by atoms with Gasteiger partial charge in [0.1, 0.15) is 11.7 Å². The first kappa shape index (κ1) is 7.76. The van der Waals surface area contributed by atoms with Crippen LogP contribution in [0.3, 0.4) is 0 Å². The summed E-state index contributed by atoms with van der Waals surface area (Å²) in [5.74, 6) is -0.641. The van der Waals surface area contributed by atoms with Crippen molar-refractivity contribution in [2.75, 3.05) is 6.61 Å². The Morgan fingerprint density at radius 1 is 1.54 bits per heavy atom. The Morgan fingerprint density at radius 2 is 2.38 bits per heavy atom. The Kier molecular flexibility index (Phi) is 1.23. The molecule has 3 fully saturated rings. The lowest BCUT2D eigenvalue weighted by Gasteiger charge is -2.35. The van der Waals surface area contributed by atoms with Gasteiger partial charge in [-0.25, -0.2) is 0 Å². The van der Waals surface area contributed by atoms with Crippen LogP contribution in [-0.4, -0.2) is 30.1 Å². The summed E-state index contributed by atoms with van der Waals surface area (Å²) < 4.78 is 16.5. The minimum atomic E-state index is -0.510. The first-order valence-electron chi connectivity index (χ1n) is 4.66. The normalized spacial score (nSPS) is 53.3. The molecule has 0 aromatic heterocycles. The van der Waals surface area contributed by atoms with E-state index in [4.69, 9.17) is 14.2 Å².